The normalized spacial score (nSPS) is 17.4. The molecular formula is C19H29N3O2S. The van der Waals surface area contributed by atoms with Gasteiger partial charge in [-0.15, -0.1) is 13.2 Å². The molecule has 0 aromatic heterocycles. The van der Waals surface area contributed by atoms with Gasteiger partial charge in [-0.3, -0.25) is 14.6 Å². The Bertz CT molecular complexity index is 535. The van der Waals surface area contributed by atoms with Crippen molar-refractivity contribution < 1.29 is 9.59 Å². The van der Waals surface area contributed by atoms with Gasteiger partial charge in [-0.05, 0) is 31.6 Å². The van der Waals surface area contributed by atoms with Crippen LogP contribution in [-0.4, -0.2) is 47.9 Å². The summed E-state index contributed by atoms with van der Waals surface area (Å²) >= 11 is 1.48. The predicted molar refractivity (Wildman–Crippen MR) is 107 cm³/mol. The zero-order chi connectivity index (χ0) is 18.7. The Morgan fingerprint density at radius 2 is 2.04 bits per heavy atom. The minimum absolute atomic E-state index is 0.0515. The molecule has 1 aliphatic heterocycles. The molecule has 1 aliphatic rings. The summed E-state index contributed by atoms with van der Waals surface area (Å²) in [5.74, 6) is 0.408. The van der Waals surface area contributed by atoms with Crippen LogP contribution in [-0.2, 0) is 9.59 Å². The summed E-state index contributed by atoms with van der Waals surface area (Å²) in [4.78, 5) is 30.1. The third-order valence-corrected chi connectivity index (χ3v) is 5.14. The SMILES string of the molecule is C=CCCC(=O)N1CCC(C(=NC)S/C=C/C(=O)NC(C)C=C)CC1. The van der Waals surface area contributed by atoms with E-state index in [0.29, 0.717) is 12.3 Å². The molecule has 0 saturated carbocycles. The summed E-state index contributed by atoms with van der Waals surface area (Å²) in [6, 6.07) is -0.0515. The Morgan fingerprint density at radius 3 is 2.60 bits per heavy atom. The number of likely N-dealkylation sites (tertiary alicyclic amines) is 1. The van der Waals surface area contributed by atoms with Crippen LogP contribution in [0.3, 0.4) is 0 Å². The lowest BCUT2D eigenvalue weighted by molar-refractivity contribution is -0.132. The fraction of sp³-hybridized carbons (Fsp3) is 0.526. The second-order valence-electron chi connectivity index (χ2n) is 6.00. The van der Waals surface area contributed by atoms with Gasteiger partial charge < -0.3 is 10.2 Å². The quantitative estimate of drug-likeness (QED) is 0.312. The van der Waals surface area contributed by atoms with E-state index in [1.807, 2.05) is 11.8 Å². The van der Waals surface area contributed by atoms with E-state index < -0.39 is 0 Å². The summed E-state index contributed by atoms with van der Waals surface area (Å²) < 4.78 is 0. The highest BCUT2D eigenvalue weighted by molar-refractivity contribution is 8.16. The van der Waals surface area contributed by atoms with Gasteiger partial charge >= 0.3 is 0 Å². The van der Waals surface area contributed by atoms with E-state index in [2.05, 4.69) is 23.5 Å². The van der Waals surface area contributed by atoms with Gasteiger partial charge in [0.15, 0.2) is 0 Å². The molecule has 1 heterocycles. The van der Waals surface area contributed by atoms with E-state index in [-0.39, 0.29) is 17.9 Å². The molecule has 6 heteroatoms. The molecular weight excluding hydrogens is 334 g/mol. The standard InChI is InChI=1S/C19H29N3O2S/c1-5-7-8-18(24)22-12-9-16(10-13-22)19(20-4)25-14-11-17(23)21-15(3)6-2/h5-6,11,14-16H,1-2,7-10,12-13H2,3-4H3,(H,21,23)/b14-11+,20-19?. The van der Waals surface area contributed by atoms with Crippen molar-refractivity contribution in [3.63, 3.8) is 0 Å². The number of nitrogens with zero attached hydrogens (tertiary/aromatic N) is 2. The summed E-state index contributed by atoms with van der Waals surface area (Å²) in [7, 11) is 1.78. The minimum Gasteiger partial charge on any atom is -0.347 e. The lowest BCUT2D eigenvalue weighted by Gasteiger charge is -2.32. The van der Waals surface area contributed by atoms with Crippen molar-refractivity contribution in [1.29, 1.82) is 0 Å². The molecule has 1 N–H and O–H groups in total. The molecule has 0 aromatic carbocycles. The van der Waals surface area contributed by atoms with Crippen LogP contribution >= 0.6 is 11.8 Å². The van der Waals surface area contributed by atoms with Crippen molar-refractivity contribution in [2.24, 2.45) is 10.9 Å². The van der Waals surface area contributed by atoms with Gasteiger partial charge in [0.1, 0.15) is 0 Å². The third kappa shape index (κ3) is 7.73. The average molecular weight is 364 g/mol. The summed E-state index contributed by atoms with van der Waals surface area (Å²) in [5, 5.41) is 5.57. The van der Waals surface area contributed by atoms with Gasteiger partial charge in [-0.1, -0.05) is 23.9 Å². The minimum atomic E-state index is -0.141. The topological polar surface area (TPSA) is 61.8 Å². The molecule has 0 bridgehead atoms. The first-order valence-electron chi connectivity index (χ1n) is 8.63. The molecule has 138 valence electrons. The van der Waals surface area contributed by atoms with E-state index in [1.54, 1.807) is 24.6 Å². The second kappa shape index (κ2) is 11.7. The number of hydrogen-bond donors (Lipinski definition) is 1. The summed E-state index contributed by atoms with van der Waals surface area (Å²) in [5.41, 5.74) is 0. The first-order chi connectivity index (χ1) is 12.0. The van der Waals surface area contributed by atoms with Gasteiger partial charge in [0, 0.05) is 44.6 Å². The summed E-state index contributed by atoms with van der Waals surface area (Å²) in [6.07, 6.45) is 8.07. The molecule has 1 fully saturated rings. The van der Waals surface area contributed by atoms with Crippen LogP contribution in [0.15, 0.2) is 41.8 Å². The summed E-state index contributed by atoms with van der Waals surface area (Å²) in [6.45, 7) is 10.7. The predicted octanol–water partition coefficient (Wildman–Crippen LogP) is 3.16. The van der Waals surface area contributed by atoms with Crippen LogP contribution in [0.2, 0.25) is 0 Å². The van der Waals surface area contributed by atoms with E-state index in [0.717, 1.165) is 37.4 Å². The number of piperidine rings is 1. The van der Waals surface area contributed by atoms with E-state index >= 15 is 0 Å². The third-order valence-electron chi connectivity index (χ3n) is 4.11. The fourth-order valence-electron chi connectivity index (χ4n) is 2.59. The maximum Gasteiger partial charge on any atom is 0.244 e. The molecule has 2 amide bonds. The monoisotopic (exact) mass is 363 g/mol. The number of nitrogens with one attached hydrogen (secondary N) is 1. The number of allylic oxidation sites excluding steroid dienone is 1. The van der Waals surface area contributed by atoms with Crippen LogP contribution in [0.5, 0.6) is 0 Å². The van der Waals surface area contributed by atoms with Crippen molar-refractivity contribution in [3.8, 4) is 0 Å². The van der Waals surface area contributed by atoms with Crippen LogP contribution in [0.1, 0.15) is 32.6 Å². The molecule has 5 nitrogen and oxygen atoms in total. The Morgan fingerprint density at radius 1 is 1.36 bits per heavy atom. The maximum atomic E-state index is 12.0. The zero-order valence-corrected chi connectivity index (χ0v) is 16.1. The lowest BCUT2D eigenvalue weighted by atomic mass is 9.97. The van der Waals surface area contributed by atoms with Gasteiger partial charge in [-0.2, -0.15) is 0 Å². The number of amides is 2. The van der Waals surface area contributed by atoms with Crippen molar-refractivity contribution in [2.45, 2.75) is 38.6 Å². The number of aliphatic imine (C=N–C) groups is 1. The molecule has 0 radical (unpaired) electrons. The molecule has 0 aromatic rings. The van der Waals surface area contributed by atoms with Crippen molar-refractivity contribution in [1.82, 2.24) is 10.2 Å². The highest BCUT2D eigenvalue weighted by Crippen LogP contribution is 2.25. The molecule has 1 rings (SSSR count). The van der Waals surface area contributed by atoms with Gasteiger partial charge in [0.05, 0.1) is 5.04 Å². The highest BCUT2D eigenvalue weighted by Gasteiger charge is 2.25. The van der Waals surface area contributed by atoms with Gasteiger partial charge in [0.2, 0.25) is 11.8 Å². The van der Waals surface area contributed by atoms with Crippen molar-refractivity contribution in [3.05, 3.63) is 36.8 Å². The fourth-order valence-corrected chi connectivity index (χ4v) is 3.45. The van der Waals surface area contributed by atoms with Crippen LogP contribution in [0.25, 0.3) is 0 Å². The first-order valence-corrected chi connectivity index (χ1v) is 9.51. The van der Waals surface area contributed by atoms with E-state index in [1.165, 1.54) is 17.8 Å². The number of carbonyl (C=O) groups excluding carboxylic acids is 2. The molecule has 1 unspecified atom stereocenters. The average Bonchev–Trinajstić information content (AvgIpc) is 2.63. The zero-order valence-electron chi connectivity index (χ0n) is 15.2. The number of rotatable bonds is 8. The Labute approximate surface area is 155 Å². The molecule has 25 heavy (non-hydrogen) atoms. The molecule has 0 aliphatic carbocycles. The van der Waals surface area contributed by atoms with Crippen molar-refractivity contribution in [2.75, 3.05) is 20.1 Å². The number of hydrogen-bond acceptors (Lipinski definition) is 4. The van der Waals surface area contributed by atoms with Crippen LogP contribution in [0.4, 0.5) is 0 Å². The number of carbonyl (C=O) groups is 2. The van der Waals surface area contributed by atoms with E-state index in [9.17, 15) is 9.59 Å². The number of thioether (sulfide) groups is 1. The first kappa shape index (κ1) is 21.2. The van der Waals surface area contributed by atoms with Gasteiger partial charge in [-0.25, -0.2) is 0 Å². The molecule has 1 saturated heterocycles. The second-order valence-corrected chi connectivity index (χ2v) is 6.92. The van der Waals surface area contributed by atoms with E-state index in [4.69, 9.17) is 0 Å². The largest absolute Gasteiger partial charge is 0.347 e. The Kier molecular flexibility index (Phi) is 9.92. The Balaban J connectivity index is 2.44. The molecule has 0 spiro atoms. The van der Waals surface area contributed by atoms with Crippen molar-refractivity contribution >= 4 is 28.6 Å². The maximum absolute atomic E-state index is 12.0. The lowest BCUT2D eigenvalue weighted by Crippen LogP contribution is -2.39. The smallest absolute Gasteiger partial charge is 0.244 e. The molecule has 1 atom stereocenters. The Hall–Kier alpha value is -1.82. The van der Waals surface area contributed by atoms with Crippen LogP contribution < -0.4 is 5.32 Å². The van der Waals surface area contributed by atoms with Crippen LogP contribution in [0, 0.1) is 5.92 Å². The highest BCUT2D eigenvalue weighted by atomic mass is 32.2. The van der Waals surface area contributed by atoms with Gasteiger partial charge in [0.25, 0.3) is 0 Å².